The van der Waals surface area contributed by atoms with Crippen LogP contribution in [0.3, 0.4) is 0 Å². The van der Waals surface area contributed by atoms with Crippen LogP contribution in [0.5, 0.6) is 0 Å². The van der Waals surface area contributed by atoms with Crippen molar-refractivity contribution in [1.82, 2.24) is 15.5 Å². The zero-order chi connectivity index (χ0) is 12.7. The number of rotatable bonds is 8. The molecule has 17 heavy (non-hydrogen) atoms. The van der Waals surface area contributed by atoms with E-state index in [9.17, 15) is 0 Å². The zero-order valence-electron chi connectivity index (χ0n) is 11.3. The molecule has 2 N–H and O–H groups in total. The second kappa shape index (κ2) is 7.27. The summed E-state index contributed by atoms with van der Waals surface area (Å²) in [5, 5.41) is 14.6. The largest absolute Gasteiger partial charge is 0.406 e. The van der Waals surface area contributed by atoms with Crippen molar-refractivity contribution in [2.75, 3.05) is 11.9 Å². The van der Waals surface area contributed by atoms with Crippen molar-refractivity contribution in [3.8, 4) is 0 Å². The maximum Gasteiger partial charge on any atom is 0.315 e. The molecule has 1 unspecified atom stereocenters. The summed E-state index contributed by atoms with van der Waals surface area (Å²) in [6, 6.07) is 1.04. The maximum absolute atomic E-state index is 5.58. The minimum absolute atomic E-state index is 0.111. The highest BCUT2D eigenvalue weighted by atomic mass is 16.4. The topological polar surface area (TPSA) is 63.0 Å². The van der Waals surface area contributed by atoms with Crippen molar-refractivity contribution in [2.24, 2.45) is 0 Å². The first kappa shape index (κ1) is 14.0. The van der Waals surface area contributed by atoms with Crippen LogP contribution in [0.2, 0.25) is 0 Å². The lowest BCUT2D eigenvalue weighted by atomic mass is 10.2. The third-order valence-electron chi connectivity index (χ3n) is 2.82. The Kier molecular flexibility index (Phi) is 5.97. The molecule has 0 saturated carbocycles. The Morgan fingerprint density at radius 2 is 1.88 bits per heavy atom. The average molecular weight is 240 g/mol. The molecule has 1 atom stereocenters. The van der Waals surface area contributed by atoms with Gasteiger partial charge in [-0.1, -0.05) is 25.9 Å². The van der Waals surface area contributed by atoms with Crippen LogP contribution in [-0.2, 0) is 0 Å². The second-order valence-corrected chi connectivity index (χ2v) is 4.28. The fourth-order valence-corrected chi connectivity index (χ4v) is 1.58. The van der Waals surface area contributed by atoms with Gasteiger partial charge in [0.05, 0.1) is 6.04 Å². The first-order valence-electron chi connectivity index (χ1n) is 6.54. The van der Waals surface area contributed by atoms with Gasteiger partial charge in [0.1, 0.15) is 0 Å². The lowest BCUT2D eigenvalue weighted by Gasteiger charge is -2.12. The SMILES string of the molecule is CCCNC(C)c1nnc(NC(CC)CC)o1. The van der Waals surface area contributed by atoms with Crippen LogP contribution >= 0.6 is 0 Å². The molecule has 0 bridgehead atoms. The molecule has 0 amide bonds. The van der Waals surface area contributed by atoms with E-state index in [1.807, 2.05) is 6.92 Å². The lowest BCUT2D eigenvalue weighted by molar-refractivity contribution is 0.420. The van der Waals surface area contributed by atoms with Crippen LogP contribution in [0.15, 0.2) is 4.42 Å². The minimum atomic E-state index is 0.111. The van der Waals surface area contributed by atoms with Gasteiger partial charge in [0.2, 0.25) is 5.89 Å². The molecule has 0 fully saturated rings. The summed E-state index contributed by atoms with van der Waals surface area (Å²) in [7, 11) is 0. The van der Waals surface area contributed by atoms with Gasteiger partial charge >= 0.3 is 6.01 Å². The first-order valence-corrected chi connectivity index (χ1v) is 6.54. The Hall–Kier alpha value is -1.10. The Bertz CT molecular complexity index is 309. The van der Waals surface area contributed by atoms with Gasteiger partial charge in [-0.05, 0) is 32.7 Å². The molecule has 5 heteroatoms. The summed E-state index contributed by atoms with van der Waals surface area (Å²) in [4.78, 5) is 0. The van der Waals surface area contributed by atoms with E-state index in [-0.39, 0.29) is 6.04 Å². The predicted octanol–water partition coefficient (Wildman–Crippen LogP) is 2.73. The fraction of sp³-hybridized carbons (Fsp3) is 0.833. The normalized spacial score (nSPS) is 13.0. The van der Waals surface area contributed by atoms with Crippen molar-refractivity contribution < 1.29 is 4.42 Å². The van der Waals surface area contributed by atoms with Crippen LogP contribution in [0.25, 0.3) is 0 Å². The third-order valence-corrected chi connectivity index (χ3v) is 2.82. The lowest BCUT2D eigenvalue weighted by Crippen LogP contribution is -2.19. The summed E-state index contributed by atoms with van der Waals surface area (Å²) in [6.45, 7) is 9.41. The quantitative estimate of drug-likeness (QED) is 0.731. The Labute approximate surface area is 103 Å². The van der Waals surface area contributed by atoms with Crippen molar-refractivity contribution in [3.05, 3.63) is 5.89 Å². The molecular weight excluding hydrogens is 216 g/mol. The average Bonchev–Trinajstić information content (AvgIpc) is 2.81. The standard InChI is InChI=1S/C12H24N4O/c1-5-8-13-9(4)11-15-16-12(17-11)14-10(6-2)7-3/h9-10,13H,5-8H2,1-4H3,(H,14,16). The van der Waals surface area contributed by atoms with Crippen LogP contribution in [0.1, 0.15) is 58.9 Å². The van der Waals surface area contributed by atoms with E-state index in [2.05, 4.69) is 41.6 Å². The Morgan fingerprint density at radius 3 is 2.47 bits per heavy atom. The number of hydrogen-bond acceptors (Lipinski definition) is 5. The van der Waals surface area contributed by atoms with E-state index >= 15 is 0 Å². The molecule has 1 aromatic rings. The minimum Gasteiger partial charge on any atom is -0.406 e. The van der Waals surface area contributed by atoms with E-state index in [1.54, 1.807) is 0 Å². The summed E-state index contributed by atoms with van der Waals surface area (Å²) in [5.74, 6) is 0.645. The van der Waals surface area contributed by atoms with E-state index in [0.717, 1.165) is 25.8 Å². The monoisotopic (exact) mass is 240 g/mol. The first-order chi connectivity index (χ1) is 8.21. The maximum atomic E-state index is 5.58. The molecule has 0 aliphatic heterocycles. The summed E-state index contributed by atoms with van der Waals surface area (Å²) in [6.07, 6.45) is 3.20. The molecule has 5 nitrogen and oxygen atoms in total. The second-order valence-electron chi connectivity index (χ2n) is 4.28. The smallest absolute Gasteiger partial charge is 0.315 e. The molecule has 0 spiro atoms. The highest BCUT2D eigenvalue weighted by Crippen LogP contribution is 2.15. The number of anilines is 1. The van der Waals surface area contributed by atoms with Gasteiger partial charge in [0.25, 0.3) is 0 Å². The molecule has 1 rings (SSSR count). The summed E-state index contributed by atoms with van der Waals surface area (Å²) >= 11 is 0. The highest BCUT2D eigenvalue weighted by Gasteiger charge is 2.14. The van der Waals surface area contributed by atoms with Crippen LogP contribution in [-0.4, -0.2) is 22.8 Å². The summed E-state index contributed by atoms with van der Waals surface area (Å²) in [5.41, 5.74) is 0. The number of nitrogens with zero attached hydrogens (tertiary/aromatic N) is 2. The van der Waals surface area contributed by atoms with Crippen molar-refractivity contribution >= 4 is 6.01 Å². The molecule has 98 valence electrons. The molecular formula is C12H24N4O. The van der Waals surface area contributed by atoms with Crippen molar-refractivity contribution in [3.63, 3.8) is 0 Å². The van der Waals surface area contributed by atoms with E-state index < -0.39 is 0 Å². The van der Waals surface area contributed by atoms with E-state index in [1.165, 1.54) is 0 Å². The van der Waals surface area contributed by atoms with Crippen molar-refractivity contribution in [1.29, 1.82) is 0 Å². The molecule has 0 aromatic carbocycles. The molecule has 0 aliphatic carbocycles. The Morgan fingerprint density at radius 1 is 1.18 bits per heavy atom. The highest BCUT2D eigenvalue weighted by molar-refractivity contribution is 5.19. The van der Waals surface area contributed by atoms with Gasteiger partial charge < -0.3 is 15.1 Å². The molecule has 0 saturated heterocycles. The molecule has 0 aliphatic rings. The van der Waals surface area contributed by atoms with Gasteiger partial charge in [-0.3, -0.25) is 0 Å². The molecule has 1 aromatic heterocycles. The van der Waals surface area contributed by atoms with E-state index in [0.29, 0.717) is 17.9 Å². The van der Waals surface area contributed by atoms with Gasteiger partial charge in [-0.15, -0.1) is 5.10 Å². The van der Waals surface area contributed by atoms with Gasteiger partial charge in [-0.2, -0.15) is 0 Å². The zero-order valence-corrected chi connectivity index (χ0v) is 11.3. The van der Waals surface area contributed by atoms with Gasteiger partial charge in [-0.25, -0.2) is 0 Å². The summed E-state index contributed by atoms with van der Waals surface area (Å²) < 4.78 is 5.58. The number of hydrogen-bond donors (Lipinski definition) is 2. The van der Waals surface area contributed by atoms with Crippen LogP contribution in [0, 0.1) is 0 Å². The van der Waals surface area contributed by atoms with Crippen LogP contribution in [0.4, 0.5) is 6.01 Å². The predicted molar refractivity (Wildman–Crippen MR) is 69.0 cm³/mol. The van der Waals surface area contributed by atoms with Gasteiger partial charge in [0.15, 0.2) is 0 Å². The fourth-order valence-electron chi connectivity index (χ4n) is 1.58. The number of aromatic nitrogens is 2. The number of nitrogens with one attached hydrogen (secondary N) is 2. The Balaban J connectivity index is 2.52. The van der Waals surface area contributed by atoms with Crippen LogP contribution < -0.4 is 10.6 Å². The third kappa shape index (κ3) is 4.34. The van der Waals surface area contributed by atoms with Crippen molar-refractivity contribution in [2.45, 2.75) is 59.0 Å². The molecule has 0 radical (unpaired) electrons. The van der Waals surface area contributed by atoms with Gasteiger partial charge in [0, 0.05) is 6.04 Å². The van der Waals surface area contributed by atoms with E-state index in [4.69, 9.17) is 4.42 Å². The molecule has 1 heterocycles.